The van der Waals surface area contributed by atoms with Gasteiger partial charge in [0.1, 0.15) is 11.7 Å². The van der Waals surface area contributed by atoms with E-state index >= 15 is 0 Å². The molecule has 0 aliphatic carbocycles. The van der Waals surface area contributed by atoms with Crippen LogP contribution < -0.4 is 5.32 Å². The Morgan fingerprint density at radius 1 is 1.36 bits per heavy atom. The van der Waals surface area contributed by atoms with Gasteiger partial charge in [0.2, 0.25) is 5.91 Å². The number of nitrogens with one attached hydrogen (secondary N) is 1. The summed E-state index contributed by atoms with van der Waals surface area (Å²) in [7, 11) is 1.75. The monoisotopic (exact) mass is 331 g/mol. The number of amides is 1. The number of alkyl halides is 2. The Hall–Kier alpha value is -1.96. The molecule has 2 aromatic heterocycles. The van der Waals surface area contributed by atoms with E-state index in [2.05, 4.69) is 15.5 Å². The summed E-state index contributed by atoms with van der Waals surface area (Å²) in [5.74, 6) is -0.390. The second kappa shape index (κ2) is 6.04. The first-order valence-electron chi connectivity index (χ1n) is 6.56. The van der Waals surface area contributed by atoms with Crippen molar-refractivity contribution in [1.29, 1.82) is 0 Å². The lowest BCUT2D eigenvalue weighted by atomic mass is 10.3. The SMILES string of the molecule is Cc1c(NC(=O)[C@@H](C)n2nc(C(F)F)c(Cl)c2C)cnn1C. The first-order chi connectivity index (χ1) is 10.2. The number of carbonyl (C=O) groups is 1. The van der Waals surface area contributed by atoms with Crippen LogP contribution in [-0.4, -0.2) is 25.5 Å². The molecule has 0 unspecified atom stereocenters. The zero-order chi connectivity index (χ0) is 16.6. The highest BCUT2D eigenvalue weighted by molar-refractivity contribution is 6.31. The van der Waals surface area contributed by atoms with Crippen molar-refractivity contribution in [3.63, 3.8) is 0 Å². The number of hydrogen-bond donors (Lipinski definition) is 1. The molecule has 0 radical (unpaired) electrons. The number of aryl methyl sites for hydroxylation is 1. The van der Waals surface area contributed by atoms with Crippen LogP contribution in [0.1, 0.15) is 36.5 Å². The molecule has 2 aromatic rings. The molecule has 0 aromatic carbocycles. The molecule has 120 valence electrons. The molecule has 0 saturated heterocycles. The van der Waals surface area contributed by atoms with Crippen molar-refractivity contribution in [2.45, 2.75) is 33.2 Å². The van der Waals surface area contributed by atoms with Crippen molar-refractivity contribution in [3.8, 4) is 0 Å². The molecular weight excluding hydrogens is 316 g/mol. The fraction of sp³-hybridized carbons (Fsp3) is 0.462. The van der Waals surface area contributed by atoms with Gasteiger partial charge in [0.25, 0.3) is 6.43 Å². The number of rotatable bonds is 4. The largest absolute Gasteiger partial charge is 0.321 e. The Bertz CT molecular complexity index is 710. The number of hydrogen-bond acceptors (Lipinski definition) is 3. The van der Waals surface area contributed by atoms with Gasteiger partial charge in [0.05, 0.1) is 28.3 Å². The Morgan fingerprint density at radius 2 is 2.00 bits per heavy atom. The van der Waals surface area contributed by atoms with E-state index in [0.29, 0.717) is 11.4 Å². The minimum absolute atomic E-state index is 0.118. The standard InChI is InChI=1S/C13H16ClF2N5O/c1-6-9(5-17-20(6)4)18-13(22)8(3)21-7(2)10(14)11(19-21)12(15)16/h5,8,12H,1-4H3,(H,18,22)/t8-/m1/s1. The Kier molecular flexibility index (Phi) is 4.50. The summed E-state index contributed by atoms with van der Waals surface area (Å²) < 4.78 is 28.4. The van der Waals surface area contributed by atoms with Crippen LogP contribution in [0, 0.1) is 13.8 Å². The molecule has 0 bridgehead atoms. The van der Waals surface area contributed by atoms with Crippen LogP contribution in [0.5, 0.6) is 0 Å². The minimum Gasteiger partial charge on any atom is -0.321 e. The van der Waals surface area contributed by atoms with Gasteiger partial charge >= 0.3 is 0 Å². The van der Waals surface area contributed by atoms with E-state index in [4.69, 9.17) is 11.6 Å². The van der Waals surface area contributed by atoms with Gasteiger partial charge in [-0.25, -0.2) is 8.78 Å². The van der Waals surface area contributed by atoms with Crippen LogP contribution in [-0.2, 0) is 11.8 Å². The summed E-state index contributed by atoms with van der Waals surface area (Å²) >= 11 is 5.84. The number of nitrogens with zero attached hydrogens (tertiary/aromatic N) is 4. The van der Waals surface area contributed by atoms with Crippen LogP contribution in [0.4, 0.5) is 14.5 Å². The first-order valence-corrected chi connectivity index (χ1v) is 6.94. The van der Waals surface area contributed by atoms with E-state index in [0.717, 1.165) is 5.69 Å². The van der Waals surface area contributed by atoms with E-state index < -0.39 is 18.2 Å². The first kappa shape index (κ1) is 16.4. The molecule has 1 N–H and O–H groups in total. The fourth-order valence-electron chi connectivity index (χ4n) is 2.01. The van der Waals surface area contributed by atoms with Gasteiger partial charge in [-0.2, -0.15) is 10.2 Å². The summed E-state index contributed by atoms with van der Waals surface area (Å²) in [5.41, 5.74) is 1.15. The molecule has 0 fully saturated rings. The second-order valence-electron chi connectivity index (χ2n) is 4.96. The summed E-state index contributed by atoms with van der Waals surface area (Å²) in [5, 5.41) is 10.4. The van der Waals surface area contributed by atoms with Gasteiger partial charge in [-0.1, -0.05) is 11.6 Å². The lowest BCUT2D eigenvalue weighted by molar-refractivity contribution is -0.119. The van der Waals surface area contributed by atoms with E-state index in [1.807, 2.05) is 0 Å². The molecular formula is C13H16ClF2N5O. The van der Waals surface area contributed by atoms with Crippen molar-refractivity contribution in [3.05, 3.63) is 28.3 Å². The van der Waals surface area contributed by atoms with Crippen LogP contribution in [0.15, 0.2) is 6.20 Å². The maximum Gasteiger partial charge on any atom is 0.283 e. The summed E-state index contributed by atoms with van der Waals surface area (Å²) in [6.45, 7) is 4.91. The van der Waals surface area contributed by atoms with Crippen molar-refractivity contribution in [2.75, 3.05) is 5.32 Å². The third-order valence-electron chi connectivity index (χ3n) is 3.55. The zero-order valence-electron chi connectivity index (χ0n) is 12.6. The molecule has 22 heavy (non-hydrogen) atoms. The Labute approximate surface area is 131 Å². The van der Waals surface area contributed by atoms with Gasteiger partial charge in [-0.15, -0.1) is 0 Å². The molecule has 9 heteroatoms. The van der Waals surface area contributed by atoms with Gasteiger partial charge in [0, 0.05) is 7.05 Å². The van der Waals surface area contributed by atoms with Gasteiger partial charge in [-0.3, -0.25) is 14.2 Å². The van der Waals surface area contributed by atoms with Crippen LogP contribution in [0.3, 0.4) is 0 Å². The Morgan fingerprint density at radius 3 is 2.45 bits per heavy atom. The molecule has 0 saturated carbocycles. The number of anilines is 1. The van der Waals surface area contributed by atoms with Gasteiger partial charge in [0.15, 0.2) is 0 Å². The van der Waals surface area contributed by atoms with Crippen LogP contribution in [0.2, 0.25) is 5.02 Å². The fourth-order valence-corrected chi connectivity index (χ4v) is 2.21. The highest BCUT2D eigenvalue weighted by Crippen LogP contribution is 2.30. The molecule has 0 aliphatic rings. The third-order valence-corrected chi connectivity index (χ3v) is 4.01. The lowest BCUT2D eigenvalue weighted by Gasteiger charge is -2.14. The molecule has 0 aliphatic heterocycles. The van der Waals surface area contributed by atoms with Crippen LogP contribution in [0.25, 0.3) is 0 Å². The summed E-state index contributed by atoms with van der Waals surface area (Å²) in [4.78, 5) is 12.3. The van der Waals surface area contributed by atoms with Crippen molar-refractivity contribution in [2.24, 2.45) is 7.05 Å². The average Bonchev–Trinajstić information content (AvgIpc) is 2.93. The average molecular weight is 332 g/mol. The predicted octanol–water partition coefficient (Wildman–Crippen LogP) is 3.02. The van der Waals surface area contributed by atoms with Crippen molar-refractivity contribution < 1.29 is 13.6 Å². The number of aromatic nitrogens is 4. The van der Waals surface area contributed by atoms with Crippen LogP contribution >= 0.6 is 11.6 Å². The normalized spacial score (nSPS) is 12.7. The lowest BCUT2D eigenvalue weighted by Crippen LogP contribution is -2.25. The quantitative estimate of drug-likeness (QED) is 0.936. The zero-order valence-corrected chi connectivity index (χ0v) is 13.3. The summed E-state index contributed by atoms with van der Waals surface area (Å²) in [6, 6.07) is -0.787. The van der Waals surface area contributed by atoms with E-state index in [1.54, 1.807) is 32.5 Å². The predicted molar refractivity (Wildman–Crippen MR) is 78.2 cm³/mol. The highest BCUT2D eigenvalue weighted by atomic mass is 35.5. The number of carbonyl (C=O) groups excluding carboxylic acids is 1. The molecule has 2 heterocycles. The van der Waals surface area contributed by atoms with Gasteiger partial charge < -0.3 is 5.32 Å². The maximum atomic E-state index is 12.8. The second-order valence-corrected chi connectivity index (χ2v) is 5.34. The third kappa shape index (κ3) is 2.83. The molecule has 2 rings (SSSR count). The molecule has 1 amide bonds. The van der Waals surface area contributed by atoms with E-state index in [-0.39, 0.29) is 10.9 Å². The Balaban J connectivity index is 2.24. The smallest absolute Gasteiger partial charge is 0.283 e. The maximum absolute atomic E-state index is 12.8. The number of halogens is 3. The van der Waals surface area contributed by atoms with Crippen molar-refractivity contribution in [1.82, 2.24) is 19.6 Å². The topological polar surface area (TPSA) is 64.7 Å². The van der Waals surface area contributed by atoms with Crippen molar-refractivity contribution >= 4 is 23.2 Å². The van der Waals surface area contributed by atoms with E-state index in [9.17, 15) is 13.6 Å². The summed E-state index contributed by atoms with van der Waals surface area (Å²) in [6.07, 6.45) is -1.27. The van der Waals surface area contributed by atoms with Gasteiger partial charge in [-0.05, 0) is 20.8 Å². The minimum atomic E-state index is -2.79. The molecule has 6 nitrogen and oxygen atoms in total. The van der Waals surface area contributed by atoms with E-state index in [1.165, 1.54) is 10.9 Å². The molecule has 0 spiro atoms. The highest BCUT2D eigenvalue weighted by Gasteiger charge is 2.26. The molecule has 1 atom stereocenters.